The normalized spacial score (nSPS) is 15.8. The predicted octanol–water partition coefficient (Wildman–Crippen LogP) is 13.8. The molecule has 0 amide bonds. The van der Waals surface area contributed by atoms with Crippen LogP contribution in [-0.2, 0) is 5.41 Å². The third-order valence-corrected chi connectivity index (χ3v) is 12.0. The van der Waals surface area contributed by atoms with Gasteiger partial charge in [0.1, 0.15) is 0 Å². The van der Waals surface area contributed by atoms with Gasteiger partial charge in [-0.05, 0) is 95.9 Å². The molecule has 1 aliphatic carbocycles. The zero-order valence-corrected chi connectivity index (χ0v) is 29.7. The van der Waals surface area contributed by atoms with E-state index < -0.39 is 0 Å². The van der Waals surface area contributed by atoms with Gasteiger partial charge >= 0.3 is 0 Å². The molecular formula is C49H36N2S. The summed E-state index contributed by atoms with van der Waals surface area (Å²) in [7, 11) is 0. The fourth-order valence-electron chi connectivity index (χ4n) is 8.03. The lowest BCUT2D eigenvalue weighted by Crippen LogP contribution is -2.24. The van der Waals surface area contributed by atoms with E-state index >= 15 is 0 Å². The molecule has 0 N–H and O–H groups in total. The highest BCUT2D eigenvalue weighted by atomic mass is 32.1. The topological polar surface area (TPSA) is 8.17 Å². The summed E-state index contributed by atoms with van der Waals surface area (Å²) in [5.74, 6) is 0. The Morgan fingerprint density at radius 3 is 1.98 bits per heavy atom. The molecule has 248 valence electrons. The molecule has 9 aromatic rings. The van der Waals surface area contributed by atoms with Crippen molar-refractivity contribution in [1.82, 2.24) is 4.57 Å². The van der Waals surface area contributed by atoms with Crippen LogP contribution in [0.3, 0.4) is 0 Å². The van der Waals surface area contributed by atoms with Gasteiger partial charge in [0.25, 0.3) is 0 Å². The summed E-state index contributed by atoms with van der Waals surface area (Å²) in [6, 6.07) is 61.9. The van der Waals surface area contributed by atoms with Crippen LogP contribution < -0.4 is 4.90 Å². The molecule has 0 aliphatic heterocycles. The minimum Gasteiger partial charge on any atom is -0.311 e. The molecule has 2 heterocycles. The van der Waals surface area contributed by atoms with Crippen LogP contribution in [0.25, 0.3) is 58.8 Å². The zero-order valence-electron chi connectivity index (χ0n) is 28.9. The first-order valence-corrected chi connectivity index (χ1v) is 18.8. The maximum absolute atomic E-state index is 2.42. The van der Waals surface area contributed by atoms with Gasteiger partial charge in [-0.2, -0.15) is 0 Å². The van der Waals surface area contributed by atoms with Crippen molar-refractivity contribution in [3.8, 4) is 16.8 Å². The molecule has 2 nitrogen and oxygen atoms in total. The van der Waals surface area contributed by atoms with Gasteiger partial charge in [-0.25, -0.2) is 0 Å². The number of thiophene rings is 1. The van der Waals surface area contributed by atoms with Crippen molar-refractivity contribution in [3.63, 3.8) is 0 Å². The summed E-state index contributed by atoms with van der Waals surface area (Å²) < 4.78 is 5.01. The molecule has 3 heteroatoms. The molecule has 7 aromatic carbocycles. The Morgan fingerprint density at radius 2 is 1.19 bits per heavy atom. The van der Waals surface area contributed by atoms with Crippen molar-refractivity contribution in [2.75, 3.05) is 4.90 Å². The van der Waals surface area contributed by atoms with Crippen LogP contribution in [0.4, 0.5) is 11.4 Å². The number of rotatable bonds is 6. The van der Waals surface area contributed by atoms with Gasteiger partial charge in [-0.3, -0.25) is 0 Å². The van der Waals surface area contributed by atoms with Gasteiger partial charge in [0.15, 0.2) is 0 Å². The van der Waals surface area contributed by atoms with Gasteiger partial charge in [0.05, 0.1) is 11.0 Å². The van der Waals surface area contributed by atoms with Crippen molar-refractivity contribution in [1.29, 1.82) is 0 Å². The molecule has 0 fully saturated rings. The Labute approximate surface area is 307 Å². The van der Waals surface area contributed by atoms with Gasteiger partial charge in [-0.1, -0.05) is 122 Å². The van der Waals surface area contributed by atoms with E-state index in [1.54, 1.807) is 0 Å². The first-order chi connectivity index (χ1) is 25.6. The Bertz CT molecular complexity index is 2820. The zero-order chi connectivity index (χ0) is 34.6. The van der Waals surface area contributed by atoms with E-state index in [9.17, 15) is 0 Å². The highest BCUT2D eigenvalue weighted by Crippen LogP contribution is 2.42. The molecule has 1 unspecified atom stereocenters. The highest BCUT2D eigenvalue weighted by Gasteiger charge is 2.27. The molecule has 52 heavy (non-hydrogen) atoms. The quantitative estimate of drug-likeness (QED) is 0.169. The Kier molecular flexibility index (Phi) is 7.23. The number of fused-ring (bicyclic) bond motifs is 6. The van der Waals surface area contributed by atoms with Crippen LogP contribution in [0, 0.1) is 0 Å². The van der Waals surface area contributed by atoms with E-state index in [1.807, 2.05) is 11.3 Å². The van der Waals surface area contributed by atoms with Crippen LogP contribution in [0.1, 0.15) is 18.9 Å². The number of hydrogen-bond acceptors (Lipinski definition) is 2. The SMILES string of the molecule is CC1(c2ccccc2)C=CC(N(c2ccc(-c3ccc4c(c3)c3ccccc3n4-c3ccccc3)cc2)c2ccc3sc4ccccc4c3c2)=CC1. The van der Waals surface area contributed by atoms with Crippen LogP contribution in [-0.4, -0.2) is 4.57 Å². The van der Waals surface area contributed by atoms with Crippen molar-refractivity contribution in [2.45, 2.75) is 18.8 Å². The lowest BCUT2D eigenvalue weighted by molar-refractivity contribution is 0.595. The fraction of sp³-hybridized carbons (Fsp3) is 0.0612. The standard InChI is InChI=1S/C49H36N2S/c1-49(36-12-4-2-5-13-36)30-28-39(29-31-49)50(40-25-27-48-44(33-40)42-17-9-11-19-47(42)52-48)38-23-20-34(21-24-38)35-22-26-46-43(32-35)41-16-8-10-18-45(41)51(46)37-14-6-3-7-15-37/h2-30,32-33H,31H2,1H3. The molecule has 0 saturated carbocycles. The molecule has 0 radical (unpaired) electrons. The van der Waals surface area contributed by atoms with Crippen LogP contribution in [0.5, 0.6) is 0 Å². The van der Waals surface area contributed by atoms with Crippen molar-refractivity contribution >= 4 is 64.7 Å². The second-order valence-corrected chi connectivity index (χ2v) is 15.1. The van der Waals surface area contributed by atoms with E-state index in [0.29, 0.717) is 0 Å². The maximum Gasteiger partial charge on any atom is 0.0541 e. The average Bonchev–Trinajstić information content (AvgIpc) is 3.75. The van der Waals surface area contributed by atoms with Crippen molar-refractivity contribution in [3.05, 3.63) is 199 Å². The van der Waals surface area contributed by atoms with Gasteiger partial charge < -0.3 is 9.47 Å². The molecule has 0 bridgehead atoms. The first-order valence-electron chi connectivity index (χ1n) is 18.0. The number of allylic oxidation sites excluding steroid dienone is 3. The van der Waals surface area contributed by atoms with Gasteiger partial charge in [0, 0.05) is 59.1 Å². The minimum absolute atomic E-state index is 0.0456. The fourth-order valence-corrected chi connectivity index (χ4v) is 9.12. The van der Waals surface area contributed by atoms with Gasteiger partial charge in [0.2, 0.25) is 0 Å². The number of hydrogen-bond donors (Lipinski definition) is 0. The highest BCUT2D eigenvalue weighted by molar-refractivity contribution is 7.25. The number of nitrogens with zero attached hydrogens (tertiary/aromatic N) is 2. The Morgan fingerprint density at radius 1 is 0.538 bits per heavy atom. The smallest absolute Gasteiger partial charge is 0.0541 e. The van der Waals surface area contributed by atoms with E-state index in [0.717, 1.165) is 17.8 Å². The summed E-state index contributed by atoms with van der Waals surface area (Å²) in [6.07, 6.45) is 8.04. The maximum atomic E-state index is 2.42. The number of anilines is 2. The second kappa shape index (κ2) is 12.3. The third kappa shape index (κ3) is 5.08. The van der Waals surface area contributed by atoms with Crippen LogP contribution in [0.15, 0.2) is 194 Å². The minimum atomic E-state index is -0.0456. The Hall–Kier alpha value is -6.16. The first kappa shape index (κ1) is 30.6. The lowest BCUT2D eigenvalue weighted by Gasteiger charge is -2.33. The predicted molar refractivity (Wildman–Crippen MR) is 223 cm³/mol. The number of para-hydroxylation sites is 2. The third-order valence-electron chi connectivity index (χ3n) is 10.8. The van der Waals surface area contributed by atoms with Crippen LogP contribution >= 0.6 is 11.3 Å². The summed E-state index contributed by atoms with van der Waals surface area (Å²) in [5, 5.41) is 5.14. The largest absolute Gasteiger partial charge is 0.311 e. The number of aromatic nitrogens is 1. The number of benzene rings is 7. The molecular weight excluding hydrogens is 649 g/mol. The van der Waals surface area contributed by atoms with Crippen molar-refractivity contribution in [2.24, 2.45) is 0 Å². The van der Waals surface area contributed by atoms with Crippen molar-refractivity contribution < 1.29 is 0 Å². The average molecular weight is 685 g/mol. The van der Waals surface area contributed by atoms with Crippen LogP contribution in [0.2, 0.25) is 0 Å². The summed E-state index contributed by atoms with van der Waals surface area (Å²) in [4.78, 5) is 2.42. The Balaban J connectivity index is 1.06. The summed E-state index contributed by atoms with van der Waals surface area (Å²) >= 11 is 1.86. The second-order valence-electron chi connectivity index (χ2n) is 14.0. The molecule has 0 saturated heterocycles. The molecule has 1 atom stereocenters. The van der Waals surface area contributed by atoms with Gasteiger partial charge in [-0.15, -0.1) is 11.3 Å². The lowest BCUT2D eigenvalue weighted by atomic mass is 9.77. The molecule has 0 spiro atoms. The molecule has 2 aromatic heterocycles. The summed E-state index contributed by atoms with van der Waals surface area (Å²) in [6.45, 7) is 2.34. The van der Waals surface area contributed by atoms with E-state index in [4.69, 9.17) is 0 Å². The molecule has 10 rings (SSSR count). The molecule has 1 aliphatic rings. The van der Waals surface area contributed by atoms with E-state index in [2.05, 4.69) is 204 Å². The van der Waals surface area contributed by atoms with E-state index in [-0.39, 0.29) is 5.41 Å². The summed E-state index contributed by atoms with van der Waals surface area (Å²) in [5.41, 5.74) is 10.8. The van der Waals surface area contributed by atoms with E-state index in [1.165, 1.54) is 70.1 Å². The monoisotopic (exact) mass is 684 g/mol.